The monoisotopic (exact) mass is 567 g/mol. The van der Waals surface area contributed by atoms with E-state index in [1.807, 2.05) is 11.0 Å². The van der Waals surface area contributed by atoms with Gasteiger partial charge in [-0.2, -0.15) is 23.5 Å². The third-order valence-electron chi connectivity index (χ3n) is 6.61. The van der Waals surface area contributed by atoms with Crippen molar-refractivity contribution in [2.24, 2.45) is 0 Å². The van der Waals surface area contributed by atoms with Crippen LogP contribution in [0.4, 0.5) is 34.9 Å². The van der Waals surface area contributed by atoms with Gasteiger partial charge < -0.3 is 20.1 Å². The summed E-state index contributed by atoms with van der Waals surface area (Å²) < 4.78 is 59.7. The zero-order chi connectivity index (χ0) is 29.1. The lowest BCUT2D eigenvalue weighted by Gasteiger charge is -2.33. The fraction of sp³-hybridized carbons (Fsp3) is 0.286. The molecular weight excluding hydrogens is 542 g/mol. The first kappa shape index (κ1) is 27.9. The van der Waals surface area contributed by atoms with Gasteiger partial charge in [-0.3, -0.25) is 4.68 Å². The molecule has 0 aliphatic carbocycles. The number of methoxy groups -OCH3 is 1. The lowest BCUT2D eigenvalue weighted by atomic mass is 10.0. The molecule has 212 valence electrons. The summed E-state index contributed by atoms with van der Waals surface area (Å²) in [5, 5.41) is 26.9. The molecule has 3 aromatic heterocycles. The van der Waals surface area contributed by atoms with Crippen LogP contribution in [0.25, 0.3) is 22.4 Å². The quantitative estimate of drug-likeness (QED) is 0.290. The Kier molecular flexibility index (Phi) is 7.76. The molecule has 0 radical (unpaired) electrons. The normalized spacial score (nSPS) is 15.4. The number of hydrogen-bond acceptors (Lipinski definition) is 8. The Balaban J connectivity index is 1.52. The molecule has 2 N–H and O–H groups in total. The number of nitriles is 1. The summed E-state index contributed by atoms with van der Waals surface area (Å²) >= 11 is 0. The van der Waals surface area contributed by atoms with Crippen LogP contribution in [0, 0.1) is 17.1 Å². The van der Waals surface area contributed by atoms with Gasteiger partial charge in [0.1, 0.15) is 35.8 Å². The van der Waals surface area contributed by atoms with Crippen LogP contribution < -0.4 is 15.0 Å². The molecule has 0 bridgehead atoms. The van der Waals surface area contributed by atoms with E-state index in [0.717, 1.165) is 11.1 Å². The first-order valence-electron chi connectivity index (χ1n) is 12.7. The first-order chi connectivity index (χ1) is 19.6. The average Bonchev–Trinajstić information content (AvgIpc) is 3.39. The van der Waals surface area contributed by atoms with Gasteiger partial charge in [0.05, 0.1) is 41.9 Å². The number of anilines is 3. The number of hydrogen-bond donors (Lipinski definition) is 2. The molecule has 1 aliphatic rings. The number of pyridine rings is 2. The van der Waals surface area contributed by atoms with Crippen LogP contribution in [0.1, 0.15) is 18.4 Å². The number of halogens is 4. The molecule has 1 aromatic carbocycles. The van der Waals surface area contributed by atoms with E-state index in [1.165, 1.54) is 43.9 Å². The Labute approximate surface area is 232 Å². The maximum absolute atomic E-state index is 14.8. The molecule has 0 amide bonds. The zero-order valence-corrected chi connectivity index (χ0v) is 21.9. The fourth-order valence-electron chi connectivity index (χ4n) is 4.79. The van der Waals surface area contributed by atoms with E-state index in [1.54, 1.807) is 18.2 Å². The highest BCUT2D eigenvalue weighted by Gasteiger charge is 2.29. The van der Waals surface area contributed by atoms with Crippen molar-refractivity contribution in [2.45, 2.75) is 31.7 Å². The minimum atomic E-state index is -4.42. The van der Waals surface area contributed by atoms with Crippen LogP contribution >= 0.6 is 0 Å². The van der Waals surface area contributed by atoms with Gasteiger partial charge in [-0.25, -0.2) is 14.4 Å². The fourth-order valence-corrected chi connectivity index (χ4v) is 4.79. The van der Waals surface area contributed by atoms with Crippen molar-refractivity contribution >= 4 is 17.3 Å². The van der Waals surface area contributed by atoms with Crippen molar-refractivity contribution in [1.82, 2.24) is 19.7 Å². The second-order valence-electron chi connectivity index (χ2n) is 9.52. The summed E-state index contributed by atoms with van der Waals surface area (Å²) in [4.78, 5) is 10.9. The molecule has 1 saturated heterocycles. The maximum atomic E-state index is 14.8. The molecule has 0 saturated carbocycles. The van der Waals surface area contributed by atoms with E-state index < -0.39 is 24.6 Å². The van der Waals surface area contributed by atoms with Crippen molar-refractivity contribution in [3.05, 3.63) is 66.4 Å². The third kappa shape index (κ3) is 6.22. The van der Waals surface area contributed by atoms with Crippen molar-refractivity contribution in [3.63, 3.8) is 0 Å². The summed E-state index contributed by atoms with van der Waals surface area (Å²) in [5.41, 5.74) is 1.88. The number of benzene rings is 1. The van der Waals surface area contributed by atoms with E-state index in [-0.39, 0.29) is 28.4 Å². The molecule has 1 aliphatic heterocycles. The standard InChI is InChI=1S/C28H25F4N7O2/c1-41-23-6-2-5-21(29)26(23)27-17(11-33)7-8-24(37-27)36-25-10-22(38-9-3-4-19(40)15-38)20(13-34-25)18-12-35-39(14-18)16-28(30,31)32/h2,5-8,10,12-14,19,40H,3-4,9,15-16H2,1H3,(H,34,36,37)/t19-/m0/s1. The van der Waals surface area contributed by atoms with Crippen LogP contribution in [-0.4, -0.2) is 57.3 Å². The van der Waals surface area contributed by atoms with Crippen LogP contribution in [0.3, 0.4) is 0 Å². The predicted molar refractivity (Wildman–Crippen MR) is 143 cm³/mol. The Hall–Kier alpha value is -4.70. The topological polar surface area (TPSA) is 112 Å². The van der Waals surface area contributed by atoms with E-state index >= 15 is 0 Å². The smallest absolute Gasteiger partial charge is 0.408 e. The van der Waals surface area contributed by atoms with Gasteiger partial charge in [-0.1, -0.05) is 6.07 Å². The van der Waals surface area contributed by atoms with Crippen LogP contribution in [0.15, 0.2) is 55.0 Å². The summed E-state index contributed by atoms with van der Waals surface area (Å²) in [7, 11) is 1.39. The molecule has 0 spiro atoms. The Morgan fingerprint density at radius 3 is 2.76 bits per heavy atom. The number of ether oxygens (including phenoxy) is 1. The number of aliphatic hydroxyl groups excluding tert-OH is 1. The van der Waals surface area contributed by atoms with Crippen LogP contribution in [-0.2, 0) is 6.54 Å². The summed E-state index contributed by atoms with van der Waals surface area (Å²) in [5.74, 6) is 0.220. The number of rotatable bonds is 7. The van der Waals surface area contributed by atoms with Gasteiger partial charge in [0.2, 0.25) is 0 Å². The summed E-state index contributed by atoms with van der Waals surface area (Å²) in [6, 6.07) is 11.1. The van der Waals surface area contributed by atoms with Crippen molar-refractivity contribution in [2.75, 3.05) is 30.4 Å². The van der Waals surface area contributed by atoms with Gasteiger partial charge in [-0.15, -0.1) is 0 Å². The zero-order valence-electron chi connectivity index (χ0n) is 21.9. The summed E-state index contributed by atoms with van der Waals surface area (Å²) in [6.45, 7) is -0.270. The van der Waals surface area contributed by atoms with Gasteiger partial charge in [0.15, 0.2) is 0 Å². The highest BCUT2D eigenvalue weighted by atomic mass is 19.4. The number of nitrogens with zero attached hydrogens (tertiary/aromatic N) is 6. The van der Waals surface area contributed by atoms with E-state index in [9.17, 15) is 27.9 Å². The highest BCUT2D eigenvalue weighted by Crippen LogP contribution is 2.37. The van der Waals surface area contributed by atoms with E-state index in [2.05, 4.69) is 20.4 Å². The molecule has 0 unspecified atom stereocenters. The maximum Gasteiger partial charge on any atom is 0.408 e. The molecule has 4 heterocycles. The summed E-state index contributed by atoms with van der Waals surface area (Å²) in [6.07, 6.45) is 0.542. The lowest BCUT2D eigenvalue weighted by molar-refractivity contribution is -0.142. The van der Waals surface area contributed by atoms with Gasteiger partial charge in [0, 0.05) is 42.7 Å². The highest BCUT2D eigenvalue weighted by molar-refractivity contribution is 5.80. The molecule has 9 nitrogen and oxygen atoms in total. The number of alkyl halides is 3. The van der Waals surface area contributed by atoms with Crippen molar-refractivity contribution in [3.8, 4) is 34.2 Å². The third-order valence-corrected chi connectivity index (χ3v) is 6.61. The molecular formula is C28H25F4N7O2. The van der Waals surface area contributed by atoms with Crippen LogP contribution in [0.5, 0.6) is 5.75 Å². The van der Waals surface area contributed by atoms with Gasteiger partial charge in [0.25, 0.3) is 0 Å². The van der Waals surface area contributed by atoms with E-state index in [0.29, 0.717) is 42.1 Å². The SMILES string of the molecule is COc1cccc(F)c1-c1nc(Nc2cc(N3CCC[C@H](O)C3)c(-c3cnn(CC(F)(F)F)c3)cn2)ccc1C#N. The van der Waals surface area contributed by atoms with Gasteiger partial charge in [-0.05, 0) is 37.1 Å². The van der Waals surface area contributed by atoms with Gasteiger partial charge >= 0.3 is 6.18 Å². The van der Waals surface area contributed by atoms with Crippen molar-refractivity contribution in [1.29, 1.82) is 5.26 Å². The number of β-amino-alcohol motifs (C(OH)–C–C–N with tert-alkyl or cyclic N) is 1. The molecule has 13 heteroatoms. The minimum absolute atomic E-state index is 0.0392. The molecule has 5 rings (SSSR count). The predicted octanol–water partition coefficient (Wildman–Crippen LogP) is 5.29. The Bertz CT molecular complexity index is 1600. The number of aromatic nitrogens is 4. The number of nitrogens with one attached hydrogen (secondary N) is 1. The minimum Gasteiger partial charge on any atom is -0.496 e. The molecule has 1 atom stereocenters. The number of aliphatic hydroxyl groups is 1. The lowest BCUT2D eigenvalue weighted by Crippen LogP contribution is -2.38. The average molecular weight is 568 g/mol. The Morgan fingerprint density at radius 2 is 2.02 bits per heavy atom. The molecule has 1 fully saturated rings. The molecule has 4 aromatic rings. The number of piperidine rings is 1. The van der Waals surface area contributed by atoms with E-state index in [4.69, 9.17) is 4.74 Å². The molecule has 41 heavy (non-hydrogen) atoms. The van der Waals surface area contributed by atoms with Crippen molar-refractivity contribution < 1.29 is 27.4 Å². The Morgan fingerprint density at radius 1 is 1.20 bits per heavy atom. The second kappa shape index (κ2) is 11.4. The van der Waals surface area contributed by atoms with Crippen LogP contribution in [0.2, 0.25) is 0 Å². The largest absolute Gasteiger partial charge is 0.496 e. The second-order valence-corrected chi connectivity index (χ2v) is 9.52. The first-order valence-corrected chi connectivity index (χ1v) is 12.7.